The van der Waals surface area contributed by atoms with Crippen molar-refractivity contribution in [1.82, 2.24) is 0 Å². The summed E-state index contributed by atoms with van der Waals surface area (Å²) in [7, 11) is 0. The van der Waals surface area contributed by atoms with E-state index in [-0.39, 0.29) is 11.7 Å². The minimum Gasteiger partial charge on any atom is -0.508 e. The molecule has 104 valence electrons. The van der Waals surface area contributed by atoms with Crippen LogP contribution >= 0.6 is 11.6 Å². The van der Waals surface area contributed by atoms with Gasteiger partial charge in [0, 0.05) is 16.8 Å². The minimum absolute atomic E-state index is 0.0891. The molecule has 0 saturated carbocycles. The van der Waals surface area contributed by atoms with E-state index in [9.17, 15) is 9.90 Å². The molecule has 0 saturated heterocycles. The average Bonchev–Trinajstić information content (AvgIpc) is 2.38. The third-order valence-corrected chi connectivity index (χ3v) is 2.83. The number of benzene rings is 2. The van der Waals surface area contributed by atoms with Crippen molar-refractivity contribution < 1.29 is 14.6 Å². The van der Waals surface area contributed by atoms with E-state index in [1.54, 1.807) is 43.3 Å². The molecule has 0 spiro atoms. The van der Waals surface area contributed by atoms with E-state index in [1.165, 1.54) is 12.1 Å². The maximum Gasteiger partial charge on any atom is 0.265 e. The molecule has 2 aromatic carbocycles. The Morgan fingerprint density at radius 3 is 2.70 bits per heavy atom. The van der Waals surface area contributed by atoms with E-state index in [1.807, 2.05) is 0 Å². The van der Waals surface area contributed by atoms with Gasteiger partial charge < -0.3 is 15.2 Å². The van der Waals surface area contributed by atoms with Gasteiger partial charge in [-0.3, -0.25) is 4.79 Å². The normalized spacial score (nSPS) is 11.7. The Balaban J connectivity index is 1.98. The van der Waals surface area contributed by atoms with Crippen molar-refractivity contribution in [2.24, 2.45) is 0 Å². The number of hydrogen-bond donors (Lipinski definition) is 2. The van der Waals surface area contributed by atoms with E-state index < -0.39 is 6.10 Å². The molecular weight excluding hydrogens is 278 g/mol. The van der Waals surface area contributed by atoms with Crippen molar-refractivity contribution >= 4 is 23.2 Å². The molecule has 0 aliphatic carbocycles. The number of amides is 1. The lowest BCUT2D eigenvalue weighted by Crippen LogP contribution is -2.30. The van der Waals surface area contributed by atoms with Crippen molar-refractivity contribution in [3.63, 3.8) is 0 Å². The summed E-state index contributed by atoms with van der Waals surface area (Å²) in [6.45, 7) is 1.64. The van der Waals surface area contributed by atoms with Gasteiger partial charge in [-0.1, -0.05) is 23.7 Å². The molecule has 1 amide bonds. The van der Waals surface area contributed by atoms with Gasteiger partial charge in [0.05, 0.1) is 0 Å². The Morgan fingerprint density at radius 1 is 1.25 bits per heavy atom. The van der Waals surface area contributed by atoms with Crippen molar-refractivity contribution in [3.05, 3.63) is 53.6 Å². The summed E-state index contributed by atoms with van der Waals surface area (Å²) in [6.07, 6.45) is -0.684. The molecule has 0 bridgehead atoms. The van der Waals surface area contributed by atoms with Gasteiger partial charge in [-0.2, -0.15) is 0 Å². The number of phenolic OH excluding ortho intramolecular Hbond substituents is 1. The maximum atomic E-state index is 12.0. The Hall–Kier alpha value is -2.20. The summed E-state index contributed by atoms with van der Waals surface area (Å²) >= 11 is 5.85. The van der Waals surface area contributed by atoms with E-state index in [4.69, 9.17) is 16.3 Å². The number of aromatic hydroxyl groups is 1. The van der Waals surface area contributed by atoms with Gasteiger partial charge in [-0.05, 0) is 37.3 Å². The summed E-state index contributed by atoms with van der Waals surface area (Å²) in [5, 5.41) is 12.5. The number of rotatable bonds is 4. The number of phenols is 1. The lowest BCUT2D eigenvalue weighted by molar-refractivity contribution is -0.122. The van der Waals surface area contributed by atoms with Crippen molar-refractivity contribution in [1.29, 1.82) is 0 Å². The van der Waals surface area contributed by atoms with Gasteiger partial charge in [0.15, 0.2) is 6.10 Å². The van der Waals surface area contributed by atoms with Crippen LogP contribution in [-0.2, 0) is 4.79 Å². The zero-order valence-corrected chi connectivity index (χ0v) is 11.6. The lowest BCUT2D eigenvalue weighted by Gasteiger charge is -2.15. The molecule has 0 fully saturated rings. The molecule has 2 rings (SSSR count). The highest BCUT2D eigenvalue weighted by molar-refractivity contribution is 6.30. The summed E-state index contributed by atoms with van der Waals surface area (Å²) in [6, 6.07) is 13.2. The lowest BCUT2D eigenvalue weighted by atomic mass is 10.2. The minimum atomic E-state index is -0.684. The molecule has 0 heterocycles. The first-order chi connectivity index (χ1) is 9.54. The predicted molar refractivity (Wildman–Crippen MR) is 78.3 cm³/mol. The summed E-state index contributed by atoms with van der Waals surface area (Å²) in [4.78, 5) is 12.0. The van der Waals surface area contributed by atoms with Gasteiger partial charge in [-0.25, -0.2) is 0 Å². The molecule has 0 aromatic heterocycles. The van der Waals surface area contributed by atoms with Crippen LogP contribution in [0.25, 0.3) is 0 Å². The Bertz CT molecular complexity index is 616. The van der Waals surface area contributed by atoms with Gasteiger partial charge in [-0.15, -0.1) is 0 Å². The van der Waals surface area contributed by atoms with Gasteiger partial charge in [0.25, 0.3) is 5.91 Å². The fourth-order valence-electron chi connectivity index (χ4n) is 1.63. The van der Waals surface area contributed by atoms with Crippen LogP contribution in [-0.4, -0.2) is 17.1 Å². The summed E-state index contributed by atoms with van der Waals surface area (Å²) in [5.74, 6) is 0.304. The number of carbonyl (C=O) groups is 1. The van der Waals surface area contributed by atoms with Crippen LogP contribution in [0.5, 0.6) is 11.5 Å². The molecule has 2 aromatic rings. The summed E-state index contributed by atoms with van der Waals surface area (Å²) < 4.78 is 5.50. The largest absolute Gasteiger partial charge is 0.508 e. The van der Waals surface area contributed by atoms with Crippen LogP contribution in [0.1, 0.15) is 6.92 Å². The molecule has 0 aliphatic heterocycles. The smallest absolute Gasteiger partial charge is 0.265 e. The van der Waals surface area contributed by atoms with Gasteiger partial charge in [0.2, 0.25) is 0 Å². The van der Waals surface area contributed by atoms with E-state index >= 15 is 0 Å². The van der Waals surface area contributed by atoms with Crippen LogP contribution < -0.4 is 10.1 Å². The highest BCUT2D eigenvalue weighted by Gasteiger charge is 2.15. The number of carbonyl (C=O) groups excluding carboxylic acids is 1. The number of anilines is 1. The van der Waals surface area contributed by atoms with Crippen LogP contribution in [0, 0.1) is 0 Å². The van der Waals surface area contributed by atoms with Crippen molar-refractivity contribution in [2.45, 2.75) is 13.0 Å². The van der Waals surface area contributed by atoms with Crippen LogP contribution in [0.2, 0.25) is 5.02 Å². The van der Waals surface area contributed by atoms with Gasteiger partial charge >= 0.3 is 0 Å². The maximum absolute atomic E-state index is 12.0. The van der Waals surface area contributed by atoms with E-state index in [0.717, 1.165) is 0 Å². The second kappa shape index (κ2) is 6.30. The molecule has 0 unspecified atom stereocenters. The fourth-order valence-corrected chi connectivity index (χ4v) is 1.81. The monoisotopic (exact) mass is 291 g/mol. The SMILES string of the molecule is C[C@H](Oc1cccc(Cl)c1)C(=O)Nc1cccc(O)c1. The third kappa shape index (κ3) is 3.90. The van der Waals surface area contributed by atoms with Crippen LogP contribution in [0.3, 0.4) is 0 Å². The molecular formula is C15H14ClNO3. The van der Waals surface area contributed by atoms with E-state index in [0.29, 0.717) is 16.5 Å². The highest BCUT2D eigenvalue weighted by Crippen LogP contribution is 2.19. The molecule has 20 heavy (non-hydrogen) atoms. The highest BCUT2D eigenvalue weighted by atomic mass is 35.5. The van der Waals surface area contributed by atoms with E-state index in [2.05, 4.69) is 5.32 Å². The molecule has 0 aliphatic rings. The zero-order chi connectivity index (χ0) is 14.5. The van der Waals surface area contributed by atoms with Crippen LogP contribution in [0.4, 0.5) is 5.69 Å². The second-order valence-electron chi connectivity index (χ2n) is 4.26. The number of hydrogen-bond acceptors (Lipinski definition) is 3. The first kappa shape index (κ1) is 14.2. The number of halogens is 1. The molecule has 0 radical (unpaired) electrons. The topological polar surface area (TPSA) is 58.6 Å². The summed E-state index contributed by atoms with van der Waals surface area (Å²) in [5.41, 5.74) is 0.511. The Labute approximate surface area is 122 Å². The predicted octanol–water partition coefficient (Wildman–Crippen LogP) is 3.45. The average molecular weight is 292 g/mol. The molecule has 1 atom stereocenters. The van der Waals surface area contributed by atoms with Crippen molar-refractivity contribution in [3.8, 4) is 11.5 Å². The molecule has 4 nitrogen and oxygen atoms in total. The van der Waals surface area contributed by atoms with Gasteiger partial charge in [0.1, 0.15) is 11.5 Å². The van der Waals surface area contributed by atoms with Crippen molar-refractivity contribution in [2.75, 3.05) is 5.32 Å². The quantitative estimate of drug-likeness (QED) is 0.907. The van der Waals surface area contributed by atoms with Crippen LogP contribution in [0.15, 0.2) is 48.5 Å². The standard InChI is InChI=1S/C15H14ClNO3/c1-10(20-14-7-2-4-11(16)8-14)15(19)17-12-5-3-6-13(18)9-12/h2-10,18H,1H3,(H,17,19)/t10-/m0/s1. The molecule has 2 N–H and O–H groups in total. The Morgan fingerprint density at radius 2 is 2.00 bits per heavy atom. The second-order valence-corrected chi connectivity index (χ2v) is 4.69. The first-order valence-corrected chi connectivity index (χ1v) is 6.44. The Kier molecular flexibility index (Phi) is 4.48. The first-order valence-electron chi connectivity index (χ1n) is 6.07. The molecule has 5 heteroatoms. The number of nitrogens with one attached hydrogen (secondary N) is 1. The number of ether oxygens (including phenoxy) is 1. The third-order valence-electron chi connectivity index (χ3n) is 2.59. The fraction of sp³-hybridized carbons (Fsp3) is 0.133. The zero-order valence-electron chi connectivity index (χ0n) is 10.8.